The first kappa shape index (κ1) is 15.5. The second-order valence-electron chi connectivity index (χ2n) is 3.94. The topological polar surface area (TPSA) is 96.5 Å². The van der Waals surface area contributed by atoms with Crippen LogP contribution >= 0.6 is 0 Å². The maximum absolute atomic E-state index is 11.7. The van der Waals surface area contributed by atoms with E-state index in [9.17, 15) is 14.4 Å². The molecule has 7 heteroatoms. The SMILES string of the molecule is CCOC(=O)NNC(=O)CNC(=O)c1ccc(C)cc1. The van der Waals surface area contributed by atoms with Crippen LogP contribution in [0.5, 0.6) is 0 Å². The highest BCUT2D eigenvalue weighted by atomic mass is 16.5. The number of aryl methyl sites for hydroxylation is 1. The Morgan fingerprint density at radius 3 is 2.35 bits per heavy atom. The highest BCUT2D eigenvalue weighted by Gasteiger charge is 2.08. The Morgan fingerprint density at radius 2 is 1.75 bits per heavy atom. The summed E-state index contributed by atoms with van der Waals surface area (Å²) in [5.41, 5.74) is 5.65. The monoisotopic (exact) mass is 279 g/mol. The normalized spacial score (nSPS) is 9.50. The van der Waals surface area contributed by atoms with Crippen LogP contribution in [0.3, 0.4) is 0 Å². The number of benzene rings is 1. The van der Waals surface area contributed by atoms with Crippen molar-refractivity contribution in [2.45, 2.75) is 13.8 Å². The number of ether oxygens (including phenoxy) is 1. The minimum Gasteiger partial charge on any atom is -0.449 e. The molecule has 0 atom stereocenters. The van der Waals surface area contributed by atoms with Crippen LogP contribution < -0.4 is 16.2 Å². The number of nitrogens with one attached hydrogen (secondary N) is 3. The Labute approximate surface area is 116 Å². The van der Waals surface area contributed by atoms with Crippen molar-refractivity contribution < 1.29 is 19.1 Å². The van der Waals surface area contributed by atoms with E-state index < -0.39 is 12.0 Å². The number of carbonyl (C=O) groups excluding carboxylic acids is 3. The zero-order valence-electron chi connectivity index (χ0n) is 11.4. The summed E-state index contributed by atoms with van der Waals surface area (Å²) in [4.78, 5) is 33.9. The van der Waals surface area contributed by atoms with E-state index in [-0.39, 0.29) is 19.1 Å². The Balaban J connectivity index is 2.32. The third-order valence-electron chi connectivity index (χ3n) is 2.30. The van der Waals surface area contributed by atoms with E-state index in [4.69, 9.17) is 0 Å². The Morgan fingerprint density at radius 1 is 1.10 bits per heavy atom. The van der Waals surface area contributed by atoms with Crippen molar-refractivity contribution in [2.24, 2.45) is 0 Å². The van der Waals surface area contributed by atoms with Gasteiger partial charge >= 0.3 is 6.09 Å². The molecule has 108 valence electrons. The molecule has 0 spiro atoms. The van der Waals surface area contributed by atoms with Gasteiger partial charge in [0.1, 0.15) is 0 Å². The van der Waals surface area contributed by atoms with Gasteiger partial charge in [-0.2, -0.15) is 0 Å². The summed E-state index contributed by atoms with van der Waals surface area (Å²) < 4.78 is 4.55. The van der Waals surface area contributed by atoms with Gasteiger partial charge in [0.2, 0.25) is 0 Å². The lowest BCUT2D eigenvalue weighted by Gasteiger charge is -2.08. The van der Waals surface area contributed by atoms with Crippen LogP contribution in [0.1, 0.15) is 22.8 Å². The van der Waals surface area contributed by atoms with Crippen LogP contribution in [0.25, 0.3) is 0 Å². The average molecular weight is 279 g/mol. The second-order valence-corrected chi connectivity index (χ2v) is 3.94. The predicted molar refractivity (Wildman–Crippen MR) is 71.8 cm³/mol. The highest BCUT2D eigenvalue weighted by Crippen LogP contribution is 2.02. The molecule has 1 aromatic rings. The van der Waals surface area contributed by atoms with Gasteiger partial charge in [0, 0.05) is 5.56 Å². The number of hydrogen-bond donors (Lipinski definition) is 3. The predicted octanol–water partition coefficient (Wildman–Crippen LogP) is 0.502. The summed E-state index contributed by atoms with van der Waals surface area (Å²) in [7, 11) is 0. The van der Waals surface area contributed by atoms with E-state index in [2.05, 4.69) is 15.5 Å². The van der Waals surface area contributed by atoms with Crippen molar-refractivity contribution >= 4 is 17.9 Å². The summed E-state index contributed by atoms with van der Waals surface area (Å²) in [6.07, 6.45) is -0.759. The molecule has 1 aromatic carbocycles. The maximum atomic E-state index is 11.7. The molecule has 0 aliphatic rings. The number of carbonyl (C=O) groups is 3. The van der Waals surface area contributed by atoms with Gasteiger partial charge < -0.3 is 10.1 Å². The molecule has 0 saturated carbocycles. The van der Waals surface area contributed by atoms with Gasteiger partial charge in [0.15, 0.2) is 0 Å². The number of hydrazine groups is 1. The molecule has 0 aromatic heterocycles. The van der Waals surface area contributed by atoms with Gasteiger partial charge in [0.05, 0.1) is 13.2 Å². The van der Waals surface area contributed by atoms with Crippen molar-refractivity contribution in [2.75, 3.05) is 13.2 Å². The molecule has 0 bridgehead atoms. The lowest BCUT2D eigenvalue weighted by molar-refractivity contribution is -0.121. The van der Waals surface area contributed by atoms with Gasteiger partial charge in [-0.15, -0.1) is 0 Å². The maximum Gasteiger partial charge on any atom is 0.426 e. The van der Waals surface area contributed by atoms with Gasteiger partial charge in [-0.1, -0.05) is 17.7 Å². The van der Waals surface area contributed by atoms with E-state index in [1.165, 1.54) is 0 Å². The van der Waals surface area contributed by atoms with E-state index >= 15 is 0 Å². The van der Waals surface area contributed by atoms with Gasteiger partial charge in [-0.25, -0.2) is 10.2 Å². The second kappa shape index (κ2) is 7.78. The van der Waals surface area contributed by atoms with Gasteiger partial charge in [-0.3, -0.25) is 15.0 Å². The third-order valence-corrected chi connectivity index (χ3v) is 2.30. The lowest BCUT2D eigenvalue weighted by Crippen LogP contribution is -2.46. The zero-order chi connectivity index (χ0) is 15.0. The van der Waals surface area contributed by atoms with Crippen LogP contribution in [0, 0.1) is 6.92 Å². The molecule has 0 fully saturated rings. The van der Waals surface area contributed by atoms with Crippen LogP contribution in [0.4, 0.5) is 4.79 Å². The molecule has 3 N–H and O–H groups in total. The first-order valence-electron chi connectivity index (χ1n) is 6.09. The smallest absolute Gasteiger partial charge is 0.426 e. The molecule has 1 rings (SSSR count). The molecular formula is C13H17N3O4. The Bertz CT molecular complexity index is 485. The number of hydrogen-bond acceptors (Lipinski definition) is 4. The van der Waals surface area contributed by atoms with Crippen LogP contribution in [0.2, 0.25) is 0 Å². The largest absolute Gasteiger partial charge is 0.449 e. The van der Waals surface area contributed by atoms with Crippen LogP contribution in [-0.4, -0.2) is 31.1 Å². The lowest BCUT2D eigenvalue weighted by atomic mass is 10.1. The highest BCUT2D eigenvalue weighted by molar-refractivity contribution is 5.96. The molecule has 0 radical (unpaired) electrons. The quantitative estimate of drug-likeness (QED) is 0.699. The average Bonchev–Trinajstić information content (AvgIpc) is 2.43. The summed E-state index contributed by atoms with van der Waals surface area (Å²) >= 11 is 0. The van der Waals surface area contributed by atoms with Crippen molar-refractivity contribution in [1.82, 2.24) is 16.2 Å². The molecule has 7 nitrogen and oxygen atoms in total. The van der Waals surface area contributed by atoms with Gasteiger partial charge in [0.25, 0.3) is 11.8 Å². The number of rotatable bonds is 4. The fourth-order valence-electron chi connectivity index (χ4n) is 1.30. The Kier molecular flexibility index (Phi) is 6.02. The molecule has 0 aliphatic carbocycles. The van der Waals surface area contributed by atoms with Crippen molar-refractivity contribution in [3.63, 3.8) is 0 Å². The van der Waals surface area contributed by atoms with Crippen molar-refractivity contribution in [3.8, 4) is 0 Å². The van der Waals surface area contributed by atoms with E-state index in [0.29, 0.717) is 5.56 Å². The number of amides is 3. The van der Waals surface area contributed by atoms with Gasteiger partial charge in [-0.05, 0) is 26.0 Å². The fourth-order valence-corrected chi connectivity index (χ4v) is 1.30. The standard InChI is InChI=1S/C13H17N3O4/c1-3-20-13(19)16-15-11(17)8-14-12(18)10-6-4-9(2)5-7-10/h4-7H,3,8H2,1-2H3,(H,14,18)(H,15,17)(H,16,19). The van der Waals surface area contributed by atoms with Crippen LogP contribution in [-0.2, 0) is 9.53 Å². The first-order valence-corrected chi connectivity index (χ1v) is 6.09. The van der Waals surface area contributed by atoms with E-state index in [0.717, 1.165) is 5.56 Å². The zero-order valence-corrected chi connectivity index (χ0v) is 11.4. The Hall–Kier alpha value is -2.57. The minimum atomic E-state index is -0.759. The first-order chi connectivity index (χ1) is 9.52. The van der Waals surface area contributed by atoms with Crippen molar-refractivity contribution in [3.05, 3.63) is 35.4 Å². The molecule has 0 saturated heterocycles. The van der Waals surface area contributed by atoms with Crippen molar-refractivity contribution in [1.29, 1.82) is 0 Å². The molecular weight excluding hydrogens is 262 g/mol. The molecule has 20 heavy (non-hydrogen) atoms. The molecule has 0 heterocycles. The summed E-state index contributed by atoms with van der Waals surface area (Å²) in [6, 6.07) is 6.94. The summed E-state index contributed by atoms with van der Waals surface area (Å²) in [5.74, 6) is -0.921. The minimum absolute atomic E-state index is 0.200. The van der Waals surface area contributed by atoms with E-state index in [1.54, 1.807) is 31.2 Å². The molecule has 0 unspecified atom stereocenters. The molecule has 3 amide bonds. The summed E-state index contributed by atoms with van der Waals surface area (Å²) in [6.45, 7) is 3.50. The van der Waals surface area contributed by atoms with E-state index in [1.807, 2.05) is 12.3 Å². The fraction of sp³-hybridized carbons (Fsp3) is 0.308. The molecule has 0 aliphatic heterocycles. The third kappa shape index (κ3) is 5.38. The summed E-state index contributed by atoms with van der Waals surface area (Å²) in [5, 5.41) is 2.43. The van der Waals surface area contributed by atoms with Crippen LogP contribution in [0.15, 0.2) is 24.3 Å².